The fraction of sp³-hybridized carbons (Fsp3) is 0.800. The minimum atomic E-state index is -1.02. The quantitative estimate of drug-likeness (QED) is 0.563. The molecule has 86 valence electrons. The zero-order valence-corrected chi connectivity index (χ0v) is 10.0. The molecule has 1 rings (SSSR count). The lowest BCUT2D eigenvalue weighted by atomic mass is 10.1. The van der Waals surface area contributed by atoms with E-state index in [1.807, 2.05) is 6.92 Å². The summed E-state index contributed by atoms with van der Waals surface area (Å²) in [6, 6.07) is -0.114. The van der Waals surface area contributed by atoms with E-state index in [1.165, 1.54) is 0 Å². The molecular formula is C10H18NO3S+. The van der Waals surface area contributed by atoms with Crippen LogP contribution in [0, 0.1) is 5.92 Å². The van der Waals surface area contributed by atoms with Gasteiger partial charge in [-0.2, -0.15) is 21.9 Å². The van der Waals surface area contributed by atoms with E-state index in [1.54, 1.807) is 6.92 Å². The van der Waals surface area contributed by atoms with Crippen molar-refractivity contribution in [2.45, 2.75) is 32.7 Å². The third-order valence-electron chi connectivity index (χ3n) is 3.32. The highest BCUT2D eigenvalue weighted by molar-refractivity contribution is 7.80. The Morgan fingerprint density at radius 3 is 2.53 bits per heavy atom. The van der Waals surface area contributed by atoms with E-state index in [-0.39, 0.29) is 17.9 Å². The van der Waals surface area contributed by atoms with Gasteiger partial charge in [-0.1, -0.05) is 0 Å². The van der Waals surface area contributed by atoms with Crippen LogP contribution in [0.3, 0.4) is 0 Å². The van der Waals surface area contributed by atoms with Crippen LogP contribution >= 0.6 is 12.6 Å². The number of hydrogen-bond acceptors (Lipinski definition) is 3. The van der Waals surface area contributed by atoms with Gasteiger partial charge < -0.3 is 5.11 Å². The number of carboxylic acid groups (broad SMARTS) is 1. The number of hydrogen-bond donors (Lipinski definition) is 2. The number of thiol groups is 1. The zero-order valence-electron chi connectivity index (χ0n) is 9.14. The molecule has 0 saturated carbocycles. The molecule has 0 aliphatic carbocycles. The Morgan fingerprint density at radius 1 is 1.60 bits per heavy atom. The van der Waals surface area contributed by atoms with Gasteiger partial charge in [-0.05, 0) is 13.8 Å². The van der Waals surface area contributed by atoms with Gasteiger partial charge in [-0.15, -0.1) is 0 Å². The van der Waals surface area contributed by atoms with Crippen molar-refractivity contribution in [3.8, 4) is 0 Å². The highest BCUT2D eigenvalue weighted by Gasteiger charge is 2.53. The second-order valence-electron chi connectivity index (χ2n) is 4.29. The van der Waals surface area contributed by atoms with Gasteiger partial charge in [0.05, 0.1) is 12.5 Å². The van der Waals surface area contributed by atoms with E-state index in [0.29, 0.717) is 12.3 Å². The van der Waals surface area contributed by atoms with Gasteiger partial charge in [0, 0.05) is 18.6 Å². The molecular weight excluding hydrogens is 214 g/mol. The van der Waals surface area contributed by atoms with Crippen LogP contribution in [0.25, 0.3) is 0 Å². The van der Waals surface area contributed by atoms with E-state index in [9.17, 15) is 14.7 Å². The Hall–Kier alpha value is -0.550. The van der Waals surface area contributed by atoms with Crippen LogP contribution in [-0.2, 0) is 4.79 Å². The Labute approximate surface area is 95.3 Å². The second-order valence-corrected chi connectivity index (χ2v) is 4.65. The summed E-state index contributed by atoms with van der Waals surface area (Å²) in [6.07, 6.45) is 0.592. The molecule has 15 heavy (non-hydrogen) atoms. The minimum absolute atomic E-state index is 0.114. The van der Waals surface area contributed by atoms with E-state index >= 15 is 0 Å². The molecule has 0 aromatic carbocycles. The topological polar surface area (TPSA) is 54.4 Å². The molecule has 1 heterocycles. The lowest BCUT2D eigenvalue weighted by Gasteiger charge is -2.31. The number of imide groups is 1. The van der Waals surface area contributed by atoms with Gasteiger partial charge in [-0.25, -0.2) is 4.79 Å². The first-order valence-electron chi connectivity index (χ1n) is 5.23. The van der Waals surface area contributed by atoms with Crippen molar-refractivity contribution in [1.29, 1.82) is 0 Å². The maximum Gasteiger partial charge on any atom is 0.521 e. The van der Waals surface area contributed by atoms with Crippen LogP contribution in [0.2, 0.25) is 0 Å². The fourth-order valence-electron chi connectivity index (χ4n) is 2.25. The van der Waals surface area contributed by atoms with E-state index in [4.69, 9.17) is 0 Å². The van der Waals surface area contributed by atoms with Crippen LogP contribution < -0.4 is 0 Å². The highest BCUT2D eigenvalue weighted by atomic mass is 32.1. The molecule has 1 aliphatic heterocycles. The average Bonchev–Trinajstić information content (AvgIpc) is 2.58. The molecule has 1 fully saturated rings. The second kappa shape index (κ2) is 4.53. The summed E-state index contributed by atoms with van der Waals surface area (Å²) in [4.78, 5) is 23.4. The summed E-state index contributed by atoms with van der Waals surface area (Å²) in [6.45, 7) is 4.00. The summed E-state index contributed by atoms with van der Waals surface area (Å²) in [5.41, 5.74) is 0. The van der Waals surface area contributed by atoms with Crippen molar-refractivity contribution in [1.82, 2.24) is 0 Å². The van der Waals surface area contributed by atoms with Crippen molar-refractivity contribution in [2.75, 3.05) is 12.3 Å². The maximum absolute atomic E-state index is 12.1. The number of nitrogens with zero attached hydrogens (tertiary/aromatic N) is 1. The molecule has 0 spiro atoms. The van der Waals surface area contributed by atoms with Crippen molar-refractivity contribution >= 4 is 24.6 Å². The SMILES string of the molecule is CC(CS)C(=O)[N+]1(C(=O)O)CCC[C@H]1C. The van der Waals surface area contributed by atoms with Gasteiger partial charge in [-0.3, -0.25) is 0 Å². The monoisotopic (exact) mass is 232 g/mol. The molecule has 4 nitrogen and oxygen atoms in total. The highest BCUT2D eigenvalue weighted by Crippen LogP contribution is 2.30. The first-order chi connectivity index (χ1) is 6.96. The lowest BCUT2D eigenvalue weighted by molar-refractivity contribution is -0.793. The summed E-state index contributed by atoms with van der Waals surface area (Å²) in [5.74, 6) is -0.105. The van der Waals surface area contributed by atoms with Crippen molar-refractivity contribution in [2.24, 2.45) is 5.92 Å². The Kier molecular flexibility index (Phi) is 3.78. The molecule has 5 heteroatoms. The number of carbonyl (C=O) groups is 2. The van der Waals surface area contributed by atoms with Gasteiger partial charge in [0.25, 0.3) is 0 Å². The van der Waals surface area contributed by atoms with Gasteiger partial charge >= 0.3 is 12.0 Å². The first kappa shape index (κ1) is 12.5. The molecule has 0 aromatic heterocycles. The van der Waals surface area contributed by atoms with Gasteiger partial charge in [0.15, 0.2) is 0 Å². The summed E-state index contributed by atoms with van der Waals surface area (Å²) < 4.78 is -0.401. The molecule has 1 N–H and O–H groups in total. The van der Waals surface area contributed by atoms with Crippen LogP contribution in [0.4, 0.5) is 4.79 Å². The lowest BCUT2D eigenvalue weighted by Crippen LogP contribution is -2.60. The van der Waals surface area contributed by atoms with E-state index in [0.717, 1.165) is 12.8 Å². The van der Waals surface area contributed by atoms with Gasteiger partial charge in [0.1, 0.15) is 6.04 Å². The summed E-state index contributed by atoms with van der Waals surface area (Å²) in [5, 5.41) is 9.28. The number of carbonyl (C=O) groups excluding carboxylic acids is 1. The summed E-state index contributed by atoms with van der Waals surface area (Å²) >= 11 is 4.06. The smallest absolute Gasteiger partial charge is 0.435 e. The van der Waals surface area contributed by atoms with Crippen LogP contribution in [0.15, 0.2) is 0 Å². The largest absolute Gasteiger partial charge is 0.521 e. The normalized spacial score (nSPS) is 32.6. The Bertz CT molecular complexity index is 282. The third-order valence-corrected chi connectivity index (χ3v) is 3.86. The van der Waals surface area contributed by atoms with E-state index < -0.39 is 10.6 Å². The predicted octanol–water partition coefficient (Wildman–Crippen LogP) is 1.76. The molecule has 3 atom stereocenters. The van der Waals surface area contributed by atoms with Crippen LogP contribution in [-0.4, -0.2) is 39.9 Å². The standard InChI is InChI=1S/C10H17NO3S/c1-7(6-15)9(12)11(10(13)14)5-3-4-8(11)2/h7-8H,3-6H2,1-2H3,(H-,13,14,15)/p+1/t7?,8-,11?/m1/s1. The number of rotatable bonds is 2. The average molecular weight is 232 g/mol. The molecule has 1 saturated heterocycles. The molecule has 1 aliphatic rings. The van der Waals surface area contributed by atoms with Crippen molar-refractivity contribution in [3.05, 3.63) is 0 Å². The molecule has 2 unspecified atom stereocenters. The molecule has 2 amide bonds. The zero-order chi connectivity index (χ0) is 11.6. The predicted molar refractivity (Wildman–Crippen MR) is 59.9 cm³/mol. The Balaban J connectivity index is 3.02. The van der Waals surface area contributed by atoms with Crippen molar-refractivity contribution < 1.29 is 19.2 Å². The molecule has 0 aromatic rings. The van der Waals surface area contributed by atoms with Gasteiger partial charge in [0.2, 0.25) is 0 Å². The fourth-order valence-corrected chi connectivity index (χ4v) is 2.41. The maximum atomic E-state index is 12.1. The number of amides is 2. The van der Waals surface area contributed by atoms with Crippen LogP contribution in [0.1, 0.15) is 26.7 Å². The summed E-state index contributed by atoms with van der Waals surface area (Å²) in [7, 11) is 0. The molecule has 0 bridgehead atoms. The first-order valence-corrected chi connectivity index (χ1v) is 5.86. The molecule has 0 radical (unpaired) electrons. The minimum Gasteiger partial charge on any atom is -0.435 e. The number of likely N-dealkylation sites (tertiary alicyclic amines) is 1. The third kappa shape index (κ3) is 1.90. The number of quaternary nitrogens is 1. The van der Waals surface area contributed by atoms with Crippen LogP contribution in [0.5, 0.6) is 0 Å². The van der Waals surface area contributed by atoms with E-state index in [2.05, 4.69) is 12.6 Å². The van der Waals surface area contributed by atoms with Crippen molar-refractivity contribution in [3.63, 3.8) is 0 Å². The Morgan fingerprint density at radius 2 is 2.20 bits per heavy atom.